The molecule has 21 heteroatoms. The summed E-state index contributed by atoms with van der Waals surface area (Å²) < 4.78 is 66.9. The van der Waals surface area contributed by atoms with Crippen LogP contribution in [0.15, 0.2) is 116 Å². The number of nitrogens with two attached hydrogens (primary N) is 1. The molecule has 6 aromatic rings. The van der Waals surface area contributed by atoms with Gasteiger partial charge in [-0.25, -0.2) is 26.4 Å². The lowest BCUT2D eigenvalue weighted by molar-refractivity contribution is 0.0687. The quantitative estimate of drug-likeness (QED) is 0.112. The van der Waals surface area contributed by atoms with E-state index in [-0.39, 0.29) is 50.4 Å². The van der Waals surface area contributed by atoms with Gasteiger partial charge >= 0.3 is 11.9 Å². The lowest BCUT2D eigenvalue weighted by atomic mass is 10.1. The SMILES string of the molecule is Nc1ccccc1C(=O)O.O=C(O)c1ccccc1Nc1c(S(=O)(=O)N2CCOCC2)cnc2ccc(Br)cc12.O=S(=O)(c1cnc2ccc(Br)cc2c1Cl)N1CCOCC1. The highest BCUT2D eigenvalue weighted by Crippen LogP contribution is 2.36. The Morgan fingerprint density at radius 1 is 0.672 bits per heavy atom. The van der Waals surface area contributed by atoms with Crippen LogP contribution in [-0.4, -0.2) is 110 Å². The van der Waals surface area contributed by atoms with E-state index < -0.39 is 32.0 Å². The van der Waals surface area contributed by atoms with Gasteiger partial charge in [-0.1, -0.05) is 67.7 Å². The van der Waals surface area contributed by atoms with Crippen molar-refractivity contribution < 1.29 is 46.1 Å². The molecule has 0 saturated carbocycles. The van der Waals surface area contributed by atoms with E-state index >= 15 is 0 Å². The molecular weight excluding hydrogens is 984 g/mol. The van der Waals surface area contributed by atoms with E-state index in [1.54, 1.807) is 66.7 Å². The number of benzene rings is 4. The lowest BCUT2D eigenvalue weighted by Gasteiger charge is -2.27. The number of nitrogen functional groups attached to an aromatic ring is 1. The number of sulfonamides is 2. The molecule has 0 aliphatic carbocycles. The van der Waals surface area contributed by atoms with Crippen molar-refractivity contribution in [1.82, 2.24) is 18.6 Å². The Bertz CT molecular complexity index is 2830. The number of para-hydroxylation sites is 2. The molecule has 0 atom stereocenters. The minimum atomic E-state index is -3.88. The largest absolute Gasteiger partial charge is 0.478 e. The van der Waals surface area contributed by atoms with E-state index in [9.17, 15) is 31.5 Å². The molecule has 16 nitrogen and oxygen atoms in total. The highest BCUT2D eigenvalue weighted by molar-refractivity contribution is 9.10. The highest BCUT2D eigenvalue weighted by Gasteiger charge is 2.31. The Hall–Kier alpha value is -4.77. The number of carbonyl (C=O) groups is 2. The van der Waals surface area contributed by atoms with Gasteiger partial charge < -0.3 is 30.7 Å². The van der Waals surface area contributed by atoms with E-state index in [1.165, 1.54) is 33.1 Å². The number of carboxylic acid groups (broad SMARTS) is 2. The molecule has 61 heavy (non-hydrogen) atoms. The lowest BCUT2D eigenvalue weighted by Crippen LogP contribution is -2.40. The van der Waals surface area contributed by atoms with Crippen molar-refractivity contribution in [2.45, 2.75) is 9.79 Å². The molecule has 320 valence electrons. The van der Waals surface area contributed by atoms with Crippen molar-refractivity contribution in [2.24, 2.45) is 0 Å². The number of halogens is 3. The second-order valence-electron chi connectivity index (χ2n) is 13.2. The van der Waals surface area contributed by atoms with Crippen LogP contribution in [0.4, 0.5) is 17.1 Å². The fourth-order valence-corrected chi connectivity index (χ4v) is 10.4. The summed E-state index contributed by atoms with van der Waals surface area (Å²) in [6.07, 6.45) is 2.64. The first-order valence-corrected chi connectivity index (χ1v) is 23.1. The molecule has 0 unspecified atom stereocenters. The van der Waals surface area contributed by atoms with Gasteiger partial charge in [-0.15, -0.1) is 0 Å². The number of nitrogens with one attached hydrogen (secondary N) is 1. The number of nitrogens with zero attached hydrogens (tertiary/aromatic N) is 4. The summed E-state index contributed by atoms with van der Waals surface area (Å²) in [4.78, 5) is 30.6. The maximum atomic E-state index is 13.4. The van der Waals surface area contributed by atoms with E-state index in [0.717, 1.165) is 8.95 Å². The number of aromatic carboxylic acids is 2. The second kappa shape index (κ2) is 20.0. The van der Waals surface area contributed by atoms with Gasteiger partial charge in [0.25, 0.3) is 0 Å². The fourth-order valence-electron chi connectivity index (χ4n) is 6.22. The summed E-state index contributed by atoms with van der Waals surface area (Å²) in [6.45, 7) is 2.55. The first kappa shape index (κ1) is 45.7. The van der Waals surface area contributed by atoms with Gasteiger partial charge in [0.1, 0.15) is 9.79 Å². The van der Waals surface area contributed by atoms with Crippen molar-refractivity contribution in [3.05, 3.63) is 122 Å². The van der Waals surface area contributed by atoms with Crippen LogP contribution in [0.25, 0.3) is 21.8 Å². The molecule has 4 heterocycles. The van der Waals surface area contributed by atoms with Crippen LogP contribution in [0.1, 0.15) is 20.7 Å². The monoisotopic (exact) mass is 1020 g/mol. The zero-order chi connectivity index (χ0) is 43.9. The average Bonchev–Trinajstić information content (AvgIpc) is 3.25. The van der Waals surface area contributed by atoms with Crippen molar-refractivity contribution in [3.63, 3.8) is 0 Å². The second-order valence-corrected chi connectivity index (χ2v) is 19.2. The van der Waals surface area contributed by atoms with Gasteiger partial charge in [-0.3, -0.25) is 9.97 Å². The third-order valence-corrected chi connectivity index (χ3v) is 14.6. The number of carboxylic acids is 2. The number of aromatic nitrogens is 2. The predicted octanol–water partition coefficient (Wildman–Crippen LogP) is 7.10. The number of hydrogen-bond acceptors (Lipinski definition) is 12. The average molecular weight is 1020 g/mol. The van der Waals surface area contributed by atoms with Gasteiger partial charge in [-0.2, -0.15) is 8.61 Å². The first-order valence-electron chi connectivity index (χ1n) is 18.2. The molecule has 8 rings (SSSR count). The third kappa shape index (κ3) is 10.6. The van der Waals surface area contributed by atoms with Crippen molar-refractivity contribution in [2.75, 3.05) is 63.7 Å². The Kier molecular flexibility index (Phi) is 15.0. The summed E-state index contributed by atoms with van der Waals surface area (Å²) in [5, 5.41) is 22.4. The smallest absolute Gasteiger partial charge is 0.337 e. The summed E-state index contributed by atoms with van der Waals surface area (Å²) >= 11 is 13.1. The maximum absolute atomic E-state index is 13.4. The molecule has 5 N–H and O–H groups in total. The van der Waals surface area contributed by atoms with Crippen molar-refractivity contribution >= 4 is 114 Å². The number of rotatable bonds is 8. The minimum Gasteiger partial charge on any atom is -0.478 e. The number of fused-ring (bicyclic) bond motifs is 2. The van der Waals surface area contributed by atoms with Gasteiger partial charge in [0.2, 0.25) is 20.0 Å². The highest BCUT2D eigenvalue weighted by atomic mass is 79.9. The Morgan fingerprint density at radius 2 is 1.13 bits per heavy atom. The molecule has 0 radical (unpaired) electrons. The van der Waals surface area contributed by atoms with E-state index in [1.807, 2.05) is 6.07 Å². The Labute approximate surface area is 372 Å². The van der Waals surface area contributed by atoms with Crippen molar-refractivity contribution in [3.8, 4) is 0 Å². The summed E-state index contributed by atoms with van der Waals surface area (Å²) in [5.74, 6) is -2.10. The maximum Gasteiger partial charge on any atom is 0.337 e. The van der Waals surface area contributed by atoms with Crippen LogP contribution in [0.3, 0.4) is 0 Å². The van der Waals surface area contributed by atoms with Gasteiger partial charge in [-0.05, 0) is 60.7 Å². The third-order valence-electron chi connectivity index (χ3n) is 9.31. The van der Waals surface area contributed by atoms with E-state index in [0.29, 0.717) is 67.0 Å². The standard InChI is InChI=1S/C20H18BrN3O5S.C13H12BrClN2O3S.C7H7NO2/c21-13-5-6-16-15(11-13)19(23-17-4-2-1-3-14(17)20(25)26)18(12-22-16)30(27,28)24-7-9-29-10-8-24;14-9-1-2-11-10(7-9)13(15)12(8-16-11)21(18,19)17-3-5-20-6-4-17;8-6-4-2-1-3-5(6)7(9)10/h1-6,11-12H,7-10H2,(H,22,23)(H,25,26);1-2,7-8H,3-6H2;1-4H,8H2,(H,9,10). The number of pyridine rings is 2. The van der Waals surface area contributed by atoms with Crippen LogP contribution in [0.2, 0.25) is 5.02 Å². The zero-order valence-electron chi connectivity index (χ0n) is 31.9. The normalized spacial score (nSPS) is 14.9. The molecule has 2 aliphatic heterocycles. The molecule has 0 bridgehead atoms. The molecule has 2 aromatic heterocycles. The predicted molar refractivity (Wildman–Crippen MR) is 238 cm³/mol. The number of morpholine rings is 2. The Balaban J connectivity index is 0.000000173. The van der Waals surface area contributed by atoms with Crippen LogP contribution < -0.4 is 11.1 Å². The number of ether oxygens (including phenoxy) is 2. The van der Waals surface area contributed by atoms with Crippen LogP contribution in [-0.2, 0) is 29.5 Å². The molecule has 0 amide bonds. The Morgan fingerprint density at radius 3 is 1.66 bits per heavy atom. The van der Waals surface area contributed by atoms with Crippen LogP contribution in [0, 0.1) is 0 Å². The zero-order valence-corrected chi connectivity index (χ0v) is 37.4. The van der Waals surface area contributed by atoms with Gasteiger partial charge in [0.15, 0.2) is 0 Å². The first-order chi connectivity index (χ1) is 29.1. The molecule has 2 fully saturated rings. The van der Waals surface area contributed by atoms with Crippen LogP contribution in [0.5, 0.6) is 0 Å². The van der Waals surface area contributed by atoms with Gasteiger partial charge in [0, 0.05) is 64.0 Å². The van der Waals surface area contributed by atoms with Gasteiger partial charge in [0.05, 0.1) is 65.0 Å². The fraction of sp³-hybridized carbons (Fsp3) is 0.200. The molecular formula is C40H37Br2ClN6O10S2. The number of anilines is 3. The summed E-state index contributed by atoms with van der Waals surface area (Å²) in [6, 6.07) is 23.4. The molecule has 2 saturated heterocycles. The minimum absolute atomic E-state index is 0.0183. The summed E-state index contributed by atoms with van der Waals surface area (Å²) in [7, 11) is -7.54. The van der Waals surface area contributed by atoms with Crippen molar-refractivity contribution in [1.29, 1.82) is 0 Å². The molecule has 2 aliphatic rings. The van der Waals surface area contributed by atoms with Crippen LogP contribution >= 0.6 is 43.5 Å². The van der Waals surface area contributed by atoms with E-state index in [4.69, 9.17) is 31.9 Å². The summed E-state index contributed by atoms with van der Waals surface area (Å²) in [5.41, 5.74) is 7.63. The molecule has 4 aromatic carbocycles. The topological polar surface area (TPSA) is 232 Å². The van der Waals surface area contributed by atoms with E-state index in [2.05, 4.69) is 47.1 Å². The molecule has 0 spiro atoms. The number of hydrogen-bond donors (Lipinski definition) is 4.